The third kappa shape index (κ3) is 4.61. The van der Waals surface area contributed by atoms with Crippen LogP contribution in [0.15, 0.2) is 10.8 Å². The van der Waals surface area contributed by atoms with Crippen molar-refractivity contribution in [3.8, 4) is 0 Å². The topological polar surface area (TPSA) is 67.3 Å². The van der Waals surface area contributed by atoms with Gasteiger partial charge in [-0.25, -0.2) is 9.97 Å². The molecule has 1 aromatic heterocycles. The molecule has 0 unspecified atom stereocenters. The van der Waals surface area contributed by atoms with Crippen LogP contribution in [0.25, 0.3) is 0 Å². The van der Waals surface area contributed by atoms with Crippen molar-refractivity contribution in [2.24, 2.45) is 0 Å². The van der Waals surface area contributed by atoms with E-state index >= 15 is 0 Å². The Hall–Kier alpha value is -0.430. The molecule has 1 aromatic rings. The summed E-state index contributed by atoms with van der Waals surface area (Å²) in [5, 5.41) is 12.0. The van der Waals surface area contributed by atoms with Crippen LogP contribution in [0.5, 0.6) is 0 Å². The lowest BCUT2D eigenvalue weighted by atomic mass is 10.4. The predicted octanol–water partition coefficient (Wildman–Crippen LogP) is 1.70. The molecule has 0 aliphatic rings. The largest absolute Gasteiger partial charge is 0.394 e. The van der Waals surface area contributed by atoms with Gasteiger partial charge in [0.25, 0.3) is 0 Å². The zero-order valence-corrected chi connectivity index (χ0v) is 11.0. The van der Waals surface area contributed by atoms with Gasteiger partial charge in [0.1, 0.15) is 17.3 Å². The van der Waals surface area contributed by atoms with Crippen LogP contribution in [0.3, 0.4) is 0 Å². The molecule has 0 fully saturated rings. The molecular formula is C9H13BrClN3O2. The number of aliphatic hydroxyl groups is 1. The maximum Gasteiger partial charge on any atom is 0.148 e. The maximum absolute atomic E-state index is 8.49. The highest BCUT2D eigenvalue weighted by molar-refractivity contribution is 9.10. The van der Waals surface area contributed by atoms with Crippen LogP contribution in [-0.4, -0.2) is 41.4 Å². The first-order chi connectivity index (χ1) is 7.75. The molecule has 7 heteroatoms. The van der Waals surface area contributed by atoms with E-state index in [1.54, 1.807) is 0 Å². The van der Waals surface area contributed by atoms with Gasteiger partial charge in [-0.2, -0.15) is 0 Å². The predicted molar refractivity (Wildman–Crippen MR) is 65.8 cm³/mol. The van der Waals surface area contributed by atoms with Crippen molar-refractivity contribution in [3.05, 3.63) is 16.0 Å². The average Bonchev–Trinajstić information content (AvgIpc) is 2.29. The number of hydrogen-bond donors (Lipinski definition) is 2. The second-order valence-electron chi connectivity index (χ2n) is 2.94. The van der Waals surface area contributed by atoms with Crippen LogP contribution in [0.2, 0.25) is 5.15 Å². The fraction of sp³-hybridized carbons (Fsp3) is 0.556. The summed E-state index contributed by atoms with van der Waals surface area (Å²) in [7, 11) is 0. The fourth-order valence-electron chi connectivity index (χ4n) is 1.02. The second kappa shape index (κ2) is 7.78. The van der Waals surface area contributed by atoms with Gasteiger partial charge in [-0.15, -0.1) is 0 Å². The Kier molecular flexibility index (Phi) is 6.63. The van der Waals surface area contributed by atoms with E-state index in [4.69, 9.17) is 21.4 Å². The summed E-state index contributed by atoms with van der Waals surface area (Å²) < 4.78 is 5.77. The van der Waals surface area contributed by atoms with Crippen LogP contribution >= 0.6 is 27.5 Å². The number of rotatable bonds is 7. The molecule has 0 amide bonds. The zero-order valence-electron chi connectivity index (χ0n) is 8.62. The molecule has 0 bridgehead atoms. The van der Waals surface area contributed by atoms with Gasteiger partial charge in [-0.05, 0) is 22.4 Å². The molecule has 0 aromatic carbocycles. The second-order valence-corrected chi connectivity index (χ2v) is 4.09. The molecule has 0 spiro atoms. The summed E-state index contributed by atoms with van der Waals surface area (Å²) in [4.78, 5) is 7.86. The van der Waals surface area contributed by atoms with E-state index in [1.165, 1.54) is 6.33 Å². The van der Waals surface area contributed by atoms with Crippen molar-refractivity contribution in [2.75, 3.05) is 31.7 Å². The molecule has 0 saturated heterocycles. The Bertz CT molecular complexity index is 328. The Morgan fingerprint density at radius 1 is 1.44 bits per heavy atom. The van der Waals surface area contributed by atoms with E-state index in [0.29, 0.717) is 28.7 Å². The molecule has 0 radical (unpaired) electrons. The third-order valence-corrected chi connectivity index (χ3v) is 3.01. The smallest absolute Gasteiger partial charge is 0.148 e. The van der Waals surface area contributed by atoms with E-state index in [1.807, 2.05) is 0 Å². The SMILES string of the molecule is OCCOCCCNc1ncnc(Cl)c1Br. The minimum atomic E-state index is 0.0560. The van der Waals surface area contributed by atoms with E-state index in [2.05, 4.69) is 31.2 Å². The number of anilines is 1. The molecule has 0 saturated carbocycles. The van der Waals surface area contributed by atoms with Crippen LogP contribution in [0.4, 0.5) is 5.82 Å². The van der Waals surface area contributed by atoms with Crippen molar-refractivity contribution in [3.63, 3.8) is 0 Å². The molecule has 90 valence electrons. The number of nitrogens with zero attached hydrogens (tertiary/aromatic N) is 2. The maximum atomic E-state index is 8.49. The Balaban J connectivity index is 2.24. The van der Waals surface area contributed by atoms with Crippen LogP contribution in [0, 0.1) is 0 Å². The Labute approximate surface area is 107 Å². The molecule has 0 aliphatic heterocycles. The van der Waals surface area contributed by atoms with Crippen molar-refractivity contribution in [2.45, 2.75) is 6.42 Å². The summed E-state index contributed by atoms with van der Waals surface area (Å²) in [5.41, 5.74) is 0. The van der Waals surface area contributed by atoms with Crippen molar-refractivity contribution in [1.29, 1.82) is 0 Å². The van der Waals surface area contributed by atoms with Crippen molar-refractivity contribution >= 4 is 33.3 Å². The molecule has 5 nitrogen and oxygen atoms in total. The van der Waals surface area contributed by atoms with Gasteiger partial charge in [0.2, 0.25) is 0 Å². The first kappa shape index (κ1) is 13.6. The summed E-state index contributed by atoms with van der Waals surface area (Å²) in [6, 6.07) is 0. The van der Waals surface area contributed by atoms with Gasteiger partial charge < -0.3 is 15.2 Å². The number of halogens is 2. The molecule has 1 rings (SSSR count). The highest BCUT2D eigenvalue weighted by Crippen LogP contribution is 2.25. The lowest BCUT2D eigenvalue weighted by molar-refractivity contribution is 0.0922. The summed E-state index contributed by atoms with van der Waals surface area (Å²) >= 11 is 9.10. The first-order valence-corrected chi connectivity index (χ1v) is 6.01. The van der Waals surface area contributed by atoms with Gasteiger partial charge in [0.15, 0.2) is 0 Å². The minimum Gasteiger partial charge on any atom is -0.394 e. The zero-order chi connectivity index (χ0) is 11.8. The minimum absolute atomic E-state index is 0.0560. The Morgan fingerprint density at radius 3 is 3.00 bits per heavy atom. The number of hydrogen-bond acceptors (Lipinski definition) is 5. The van der Waals surface area contributed by atoms with Crippen LogP contribution < -0.4 is 5.32 Å². The van der Waals surface area contributed by atoms with Crippen molar-refractivity contribution < 1.29 is 9.84 Å². The third-order valence-electron chi connectivity index (χ3n) is 1.74. The average molecular weight is 311 g/mol. The lowest BCUT2D eigenvalue weighted by Gasteiger charge is -2.07. The number of aromatic nitrogens is 2. The monoisotopic (exact) mass is 309 g/mol. The van der Waals surface area contributed by atoms with E-state index < -0.39 is 0 Å². The van der Waals surface area contributed by atoms with Crippen LogP contribution in [0.1, 0.15) is 6.42 Å². The fourth-order valence-corrected chi connectivity index (χ4v) is 1.50. The summed E-state index contributed by atoms with van der Waals surface area (Å²) in [5.74, 6) is 0.669. The van der Waals surface area contributed by atoms with Crippen LogP contribution in [-0.2, 0) is 4.74 Å². The highest BCUT2D eigenvalue weighted by Gasteiger charge is 2.05. The van der Waals surface area contributed by atoms with Gasteiger partial charge >= 0.3 is 0 Å². The van der Waals surface area contributed by atoms with Crippen molar-refractivity contribution in [1.82, 2.24) is 9.97 Å². The first-order valence-electron chi connectivity index (χ1n) is 4.84. The molecule has 1 heterocycles. The lowest BCUT2D eigenvalue weighted by Crippen LogP contribution is -2.09. The van der Waals surface area contributed by atoms with Gasteiger partial charge in [0, 0.05) is 13.2 Å². The van der Waals surface area contributed by atoms with E-state index in [0.717, 1.165) is 13.0 Å². The highest BCUT2D eigenvalue weighted by atomic mass is 79.9. The normalized spacial score (nSPS) is 10.4. The molecule has 0 atom stereocenters. The number of aliphatic hydroxyl groups excluding tert-OH is 1. The standard InChI is InChI=1S/C9H13BrClN3O2/c10-7-8(11)13-6-14-9(7)12-2-1-4-16-5-3-15/h6,15H,1-5H2,(H,12,13,14). The van der Waals surface area contributed by atoms with Gasteiger partial charge in [-0.3, -0.25) is 0 Å². The molecule has 2 N–H and O–H groups in total. The molecular weight excluding hydrogens is 297 g/mol. The van der Waals surface area contributed by atoms with Gasteiger partial charge in [0.05, 0.1) is 17.7 Å². The molecule has 0 aliphatic carbocycles. The summed E-state index contributed by atoms with van der Waals surface area (Å²) in [6.07, 6.45) is 2.23. The summed E-state index contributed by atoms with van der Waals surface area (Å²) in [6.45, 7) is 1.75. The van der Waals surface area contributed by atoms with Gasteiger partial charge in [-0.1, -0.05) is 11.6 Å². The van der Waals surface area contributed by atoms with E-state index in [9.17, 15) is 0 Å². The van der Waals surface area contributed by atoms with E-state index in [-0.39, 0.29) is 6.61 Å². The quantitative estimate of drug-likeness (QED) is 0.593. The number of ether oxygens (including phenoxy) is 1. The Morgan fingerprint density at radius 2 is 2.25 bits per heavy atom. The molecule has 16 heavy (non-hydrogen) atoms. The number of nitrogens with one attached hydrogen (secondary N) is 1.